The molecule has 1 atom stereocenters. The summed E-state index contributed by atoms with van der Waals surface area (Å²) in [5.41, 5.74) is 0.748. The van der Waals surface area contributed by atoms with E-state index in [1.54, 1.807) is 0 Å². The minimum absolute atomic E-state index is 0.0223. The van der Waals surface area contributed by atoms with Crippen LogP contribution in [0.2, 0.25) is 0 Å². The summed E-state index contributed by atoms with van der Waals surface area (Å²) in [4.78, 5) is 22.5. The van der Waals surface area contributed by atoms with E-state index in [0.717, 1.165) is 5.56 Å². The Labute approximate surface area is 143 Å². The van der Waals surface area contributed by atoms with Crippen molar-refractivity contribution in [3.05, 3.63) is 35.9 Å². The minimum Gasteiger partial charge on any atom is -0.481 e. The van der Waals surface area contributed by atoms with Gasteiger partial charge >= 0.3 is 11.9 Å². The molecule has 5 nitrogen and oxygen atoms in total. The maximum absolute atomic E-state index is 12.0. The molecular weight excluding hydrogens is 308 g/mol. The number of carboxylic acid groups (broad SMARTS) is 1. The van der Waals surface area contributed by atoms with Crippen molar-refractivity contribution in [2.45, 2.75) is 58.5 Å². The highest BCUT2D eigenvalue weighted by atomic mass is 16.5. The number of esters is 1. The number of hydrogen-bond acceptors (Lipinski definition) is 4. The Bertz CT molecular complexity index is 510. The van der Waals surface area contributed by atoms with E-state index in [1.165, 1.54) is 0 Å². The van der Waals surface area contributed by atoms with Crippen molar-refractivity contribution in [3.63, 3.8) is 0 Å². The number of ether oxygens (including phenoxy) is 1. The molecule has 0 fully saturated rings. The highest BCUT2D eigenvalue weighted by Gasteiger charge is 2.25. The van der Waals surface area contributed by atoms with E-state index in [0.29, 0.717) is 25.7 Å². The number of hydrogen-bond donors (Lipinski definition) is 2. The first kappa shape index (κ1) is 20.2. The number of benzene rings is 1. The lowest BCUT2D eigenvalue weighted by Crippen LogP contribution is -2.29. The zero-order valence-electron chi connectivity index (χ0n) is 14.5. The van der Waals surface area contributed by atoms with Crippen molar-refractivity contribution in [3.8, 4) is 0 Å². The van der Waals surface area contributed by atoms with E-state index in [2.05, 4.69) is 0 Å². The van der Waals surface area contributed by atoms with Crippen LogP contribution in [-0.2, 0) is 20.7 Å². The molecule has 2 N–H and O–H groups in total. The molecule has 1 rings (SSSR count). The Morgan fingerprint density at radius 2 is 1.75 bits per heavy atom. The predicted octanol–water partition coefficient (Wildman–Crippen LogP) is 3.19. The summed E-state index contributed by atoms with van der Waals surface area (Å²) in [5, 5.41) is 18.1. The van der Waals surface area contributed by atoms with Gasteiger partial charge in [-0.1, -0.05) is 44.2 Å². The van der Waals surface area contributed by atoms with Crippen LogP contribution in [0.25, 0.3) is 0 Å². The van der Waals surface area contributed by atoms with E-state index < -0.39 is 5.97 Å². The Morgan fingerprint density at radius 3 is 2.33 bits per heavy atom. The highest BCUT2D eigenvalue weighted by molar-refractivity contribution is 5.70. The molecule has 24 heavy (non-hydrogen) atoms. The molecule has 0 aliphatic heterocycles. The van der Waals surface area contributed by atoms with Crippen LogP contribution in [0.15, 0.2) is 30.3 Å². The Kier molecular flexibility index (Phi) is 8.47. The van der Waals surface area contributed by atoms with Gasteiger partial charge in [-0.25, -0.2) is 0 Å². The lowest BCUT2D eigenvalue weighted by atomic mass is 9.86. The Hall–Kier alpha value is -1.88. The van der Waals surface area contributed by atoms with Gasteiger partial charge in [0.2, 0.25) is 0 Å². The molecule has 1 aromatic rings. The first-order valence-corrected chi connectivity index (χ1v) is 8.38. The number of unbranched alkanes of at least 4 members (excludes halogenated alkanes) is 1. The summed E-state index contributed by atoms with van der Waals surface area (Å²) < 4.78 is 5.60. The van der Waals surface area contributed by atoms with Crippen LogP contribution in [0.1, 0.15) is 51.5 Å². The molecule has 0 spiro atoms. The molecule has 0 aromatic heterocycles. The van der Waals surface area contributed by atoms with Crippen LogP contribution in [0.3, 0.4) is 0 Å². The van der Waals surface area contributed by atoms with E-state index in [1.807, 2.05) is 44.2 Å². The van der Waals surface area contributed by atoms with E-state index in [-0.39, 0.29) is 36.9 Å². The SMILES string of the molecule is CC(C)(CO)CC(Cc1ccccc1)OC(=O)CCCCC(=O)O. The fourth-order valence-electron chi connectivity index (χ4n) is 2.50. The number of aliphatic hydroxyl groups is 1. The molecule has 0 saturated carbocycles. The average Bonchev–Trinajstić information content (AvgIpc) is 2.52. The highest BCUT2D eigenvalue weighted by Crippen LogP contribution is 2.25. The normalized spacial score (nSPS) is 12.6. The van der Waals surface area contributed by atoms with Gasteiger partial charge in [-0.15, -0.1) is 0 Å². The summed E-state index contributed by atoms with van der Waals surface area (Å²) in [6.45, 7) is 3.89. The summed E-state index contributed by atoms with van der Waals surface area (Å²) in [5.74, 6) is -1.16. The molecule has 1 unspecified atom stereocenters. The number of aliphatic carboxylic acids is 1. The first-order chi connectivity index (χ1) is 11.3. The topological polar surface area (TPSA) is 83.8 Å². The second-order valence-corrected chi connectivity index (χ2v) is 6.93. The van der Waals surface area contributed by atoms with Crippen LogP contribution in [0.5, 0.6) is 0 Å². The number of aliphatic hydroxyl groups excluding tert-OH is 1. The number of carbonyl (C=O) groups excluding carboxylic acids is 1. The third kappa shape index (κ3) is 8.67. The van der Waals surface area contributed by atoms with Crippen LogP contribution >= 0.6 is 0 Å². The second kappa shape index (κ2) is 10.1. The molecule has 0 heterocycles. The van der Waals surface area contributed by atoms with Gasteiger partial charge in [0.1, 0.15) is 6.10 Å². The van der Waals surface area contributed by atoms with Crippen LogP contribution in [0, 0.1) is 5.41 Å². The lowest BCUT2D eigenvalue weighted by Gasteiger charge is -2.28. The molecule has 0 aliphatic carbocycles. The van der Waals surface area contributed by atoms with Gasteiger partial charge in [-0.05, 0) is 30.2 Å². The zero-order chi connectivity index (χ0) is 18.0. The third-order valence-corrected chi connectivity index (χ3v) is 3.83. The molecular formula is C19H28O5. The lowest BCUT2D eigenvalue weighted by molar-refractivity contribution is -0.151. The molecule has 0 bridgehead atoms. The number of rotatable bonds is 11. The van der Waals surface area contributed by atoms with Crippen molar-refractivity contribution >= 4 is 11.9 Å². The maximum Gasteiger partial charge on any atom is 0.306 e. The van der Waals surface area contributed by atoms with Gasteiger partial charge in [0, 0.05) is 25.9 Å². The monoisotopic (exact) mass is 336 g/mol. The molecule has 0 saturated heterocycles. The van der Waals surface area contributed by atoms with Crippen molar-refractivity contribution in [2.24, 2.45) is 5.41 Å². The van der Waals surface area contributed by atoms with Gasteiger partial charge in [-0.2, -0.15) is 0 Å². The first-order valence-electron chi connectivity index (χ1n) is 8.38. The smallest absolute Gasteiger partial charge is 0.306 e. The maximum atomic E-state index is 12.0. The molecule has 0 aliphatic rings. The van der Waals surface area contributed by atoms with Crippen molar-refractivity contribution in [1.29, 1.82) is 0 Å². The number of carbonyl (C=O) groups is 2. The summed E-state index contributed by atoms with van der Waals surface area (Å²) in [6, 6.07) is 9.79. The average molecular weight is 336 g/mol. The van der Waals surface area contributed by atoms with Crippen LogP contribution in [0.4, 0.5) is 0 Å². The molecule has 1 aromatic carbocycles. The second-order valence-electron chi connectivity index (χ2n) is 6.93. The van der Waals surface area contributed by atoms with Crippen molar-refractivity contribution in [1.82, 2.24) is 0 Å². The minimum atomic E-state index is -0.852. The predicted molar refractivity (Wildman–Crippen MR) is 91.6 cm³/mol. The van der Waals surface area contributed by atoms with E-state index in [9.17, 15) is 14.7 Å². The molecule has 5 heteroatoms. The van der Waals surface area contributed by atoms with Crippen molar-refractivity contribution in [2.75, 3.05) is 6.61 Å². The summed E-state index contributed by atoms with van der Waals surface area (Å²) in [7, 11) is 0. The Morgan fingerprint density at radius 1 is 1.12 bits per heavy atom. The van der Waals surface area contributed by atoms with Gasteiger partial charge in [0.25, 0.3) is 0 Å². The summed E-state index contributed by atoms with van der Waals surface area (Å²) >= 11 is 0. The van der Waals surface area contributed by atoms with E-state index in [4.69, 9.17) is 9.84 Å². The largest absolute Gasteiger partial charge is 0.481 e. The summed E-state index contributed by atoms with van der Waals surface area (Å²) in [6.07, 6.45) is 2.13. The fraction of sp³-hybridized carbons (Fsp3) is 0.579. The van der Waals surface area contributed by atoms with Gasteiger partial charge < -0.3 is 14.9 Å². The zero-order valence-corrected chi connectivity index (χ0v) is 14.5. The standard InChI is InChI=1S/C19H28O5/c1-19(2,14-20)13-16(12-15-8-4-3-5-9-15)24-18(23)11-7-6-10-17(21)22/h3-5,8-9,16,20H,6-7,10-14H2,1-2H3,(H,21,22). The fourth-order valence-corrected chi connectivity index (χ4v) is 2.50. The van der Waals surface area contributed by atoms with Crippen LogP contribution in [-0.4, -0.2) is 34.9 Å². The molecule has 134 valence electrons. The number of carboxylic acids is 1. The molecule has 0 radical (unpaired) electrons. The quantitative estimate of drug-likeness (QED) is 0.479. The third-order valence-electron chi connectivity index (χ3n) is 3.83. The van der Waals surface area contributed by atoms with Crippen LogP contribution < -0.4 is 0 Å². The van der Waals surface area contributed by atoms with Gasteiger partial charge in [0.05, 0.1) is 0 Å². The van der Waals surface area contributed by atoms with Gasteiger partial charge in [-0.3, -0.25) is 9.59 Å². The Balaban J connectivity index is 2.57. The molecule has 0 amide bonds. The van der Waals surface area contributed by atoms with E-state index >= 15 is 0 Å². The van der Waals surface area contributed by atoms with Crippen molar-refractivity contribution < 1.29 is 24.5 Å². The van der Waals surface area contributed by atoms with Gasteiger partial charge in [0.15, 0.2) is 0 Å².